The Morgan fingerprint density at radius 1 is 1.30 bits per heavy atom. The molecule has 0 aromatic carbocycles. The number of carbonyl (C=O) groups is 1. The zero-order chi connectivity index (χ0) is 15.6. The highest BCUT2D eigenvalue weighted by Gasteiger charge is 2.36. The number of hydrogen-bond acceptors (Lipinski definition) is 4. The van der Waals surface area contributed by atoms with Crippen molar-refractivity contribution in [1.82, 2.24) is 10.2 Å². The lowest BCUT2D eigenvalue weighted by Gasteiger charge is -2.34. The molecule has 4 heteroatoms. The number of ether oxygens (including phenoxy) is 1. The van der Waals surface area contributed by atoms with E-state index < -0.39 is 5.54 Å². The molecule has 0 spiro atoms. The van der Waals surface area contributed by atoms with Gasteiger partial charge in [0, 0.05) is 6.04 Å². The molecule has 20 heavy (non-hydrogen) atoms. The molecule has 0 rings (SSSR count). The average molecular weight is 286 g/mol. The molecule has 1 N–H and O–H groups in total. The number of nitrogens with zero attached hydrogens (tertiary/aromatic N) is 1. The van der Waals surface area contributed by atoms with Gasteiger partial charge in [0.1, 0.15) is 5.54 Å². The van der Waals surface area contributed by atoms with Crippen LogP contribution in [0.25, 0.3) is 0 Å². The molecule has 0 fully saturated rings. The van der Waals surface area contributed by atoms with Crippen molar-refractivity contribution >= 4 is 5.97 Å². The maximum absolute atomic E-state index is 12.2. The molecule has 2 unspecified atom stereocenters. The van der Waals surface area contributed by atoms with Crippen LogP contribution < -0.4 is 5.32 Å². The SMILES string of the molecule is CCCCCN(C)C(C)CC(C)(NCC)C(=O)OCC. The van der Waals surface area contributed by atoms with Crippen LogP contribution in [0.3, 0.4) is 0 Å². The maximum Gasteiger partial charge on any atom is 0.326 e. The Hall–Kier alpha value is -0.610. The second-order valence-electron chi connectivity index (χ2n) is 5.82. The van der Waals surface area contributed by atoms with Crippen LogP contribution in [0.15, 0.2) is 0 Å². The molecule has 0 saturated heterocycles. The van der Waals surface area contributed by atoms with E-state index in [1.54, 1.807) is 0 Å². The summed E-state index contributed by atoms with van der Waals surface area (Å²) in [4.78, 5) is 14.5. The zero-order valence-corrected chi connectivity index (χ0v) is 14.3. The molecule has 0 aromatic rings. The number of unbranched alkanes of at least 4 members (excludes halogenated alkanes) is 2. The van der Waals surface area contributed by atoms with Gasteiger partial charge in [-0.3, -0.25) is 4.79 Å². The average Bonchev–Trinajstić information content (AvgIpc) is 2.39. The van der Waals surface area contributed by atoms with Gasteiger partial charge in [-0.1, -0.05) is 26.7 Å². The van der Waals surface area contributed by atoms with Gasteiger partial charge in [0.15, 0.2) is 0 Å². The molecule has 0 aliphatic rings. The molecule has 0 saturated carbocycles. The van der Waals surface area contributed by atoms with Crippen molar-refractivity contribution in [3.05, 3.63) is 0 Å². The van der Waals surface area contributed by atoms with E-state index in [0.29, 0.717) is 12.6 Å². The number of carbonyl (C=O) groups excluding carboxylic acids is 1. The lowest BCUT2D eigenvalue weighted by atomic mass is 9.92. The summed E-state index contributed by atoms with van der Waals surface area (Å²) in [5, 5.41) is 3.30. The van der Waals surface area contributed by atoms with Crippen LogP contribution >= 0.6 is 0 Å². The maximum atomic E-state index is 12.2. The highest BCUT2D eigenvalue weighted by Crippen LogP contribution is 2.18. The Balaban J connectivity index is 4.52. The van der Waals surface area contributed by atoms with E-state index in [-0.39, 0.29) is 5.97 Å². The monoisotopic (exact) mass is 286 g/mol. The van der Waals surface area contributed by atoms with Crippen molar-refractivity contribution in [3.63, 3.8) is 0 Å². The molecule has 2 atom stereocenters. The van der Waals surface area contributed by atoms with E-state index in [1.807, 2.05) is 20.8 Å². The second kappa shape index (κ2) is 10.2. The van der Waals surface area contributed by atoms with Crippen molar-refractivity contribution in [2.45, 2.75) is 71.9 Å². The first-order valence-corrected chi connectivity index (χ1v) is 8.03. The van der Waals surface area contributed by atoms with Crippen molar-refractivity contribution < 1.29 is 9.53 Å². The molecule has 4 nitrogen and oxygen atoms in total. The summed E-state index contributed by atoms with van der Waals surface area (Å²) < 4.78 is 5.22. The quantitative estimate of drug-likeness (QED) is 0.468. The number of esters is 1. The van der Waals surface area contributed by atoms with E-state index in [2.05, 4.69) is 31.1 Å². The fraction of sp³-hybridized carbons (Fsp3) is 0.938. The van der Waals surface area contributed by atoms with Crippen LogP contribution in [0.2, 0.25) is 0 Å². The summed E-state index contributed by atoms with van der Waals surface area (Å²) in [5.74, 6) is -0.143. The number of nitrogens with one attached hydrogen (secondary N) is 1. The van der Waals surface area contributed by atoms with Crippen molar-refractivity contribution in [2.75, 3.05) is 26.7 Å². The van der Waals surface area contributed by atoms with Crippen molar-refractivity contribution in [2.24, 2.45) is 0 Å². The lowest BCUT2D eigenvalue weighted by Crippen LogP contribution is -2.54. The molecule has 0 aromatic heterocycles. The van der Waals surface area contributed by atoms with Gasteiger partial charge in [-0.2, -0.15) is 0 Å². The first-order valence-electron chi connectivity index (χ1n) is 8.03. The first kappa shape index (κ1) is 19.4. The van der Waals surface area contributed by atoms with E-state index in [1.165, 1.54) is 19.3 Å². The highest BCUT2D eigenvalue weighted by molar-refractivity contribution is 5.80. The van der Waals surface area contributed by atoms with Crippen LogP contribution in [-0.2, 0) is 9.53 Å². The third-order valence-corrected chi connectivity index (χ3v) is 3.86. The predicted octanol–water partition coefficient (Wildman–Crippen LogP) is 2.82. The minimum Gasteiger partial charge on any atom is -0.465 e. The van der Waals surface area contributed by atoms with Gasteiger partial charge in [-0.05, 0) is 53.8 Å². The number of hydrogen-bond donors (Lipinski definition) is 1. The normalized spacial score (nSPS) is 15.9. The highest BCUT2D eigenvalue weighted by atomic mass is 16.5. The van der Waals surface area contributed by atoms with Crippen LogP contribution in [0.1, 0.15) is 60.3 Å². The molecule has 0 aliphatic heterocycles. The fourth-order valence-corrected chi connectivity index (χ4v) is 2.49. The van der Waals surface area contributed by atoms with Crippen molar-refractivity contribution in [3.8, 4) is 0 Å². The van der Waals surface area contributed by atoms with E-state index in [0.717, 1.165) is 19.5 Å². The fourth-order valence-electron chi connectivity index (χ4n) is 2.49. The molecule has 120 valence electrons. The number of likely N-dealkylation sites (N-methyl/N-ethyl adjacent to an activating group) is 1. The van der Waals surface area contributed by atoms with E-state index in [4.69, 9.17) is 4.74 Å². The van der Waals surface area contributed by atoms with Gasteiger partial charge in [0.2, 0.25) is 0 Å². The minimum atomic E-state index is -0.594. The Bertz CT molecular complexity index is 271. The second-order valence-corrected chi connectivity index (χ2v) is 5.82. The molecule has 0 amide bonds. The molecular formula is C16H34N2O2. The van der Waals surface area contributed by atoms with Crippen LogP contribution in [0.5, 0.6) is 0 Å². The molecular weight excluding hydrogens is 252 g/mol. The van der Waals surface area contributed by atoms with Gasteiger partial charge in [-0.25, -0.2) is 0 Å². The molecule has 0 heterocycles. The van der Waals surface area contributed by atoms with Crippen LogP contribution in [0, 0.1) is 0 Å². The Morgan fingerprint density at radius 3 is 2.45 bits per heavy atom. The summed E-state index contributed by atoms with van der Waals surface area (Å²) in [7, 11) is 2.14. The van der Waals surface area contributed by atoms with Crippen LogP contribution in [0.4, 0.5) is 0 Å². The smallest absolute Gasteiger partial charge is 0.326 e. The van der Waals surface area contributed by atoms with E-state index in [9.17, 15) is 4.79 Å². The first-order chi connectivity index (χ1) is 9.41. The Kier molecular flexibility index (Phi) is 9.86. The molecule has 0 radical (unpaired) electrons. The molecule has 0 bridgehead atoms. The summed E-state index contributed by atoms with van der Waals surface area (Å²) in [6.45, 7) is 12.5. The topological polar surface area (TPSA) is 41.6 Å². The Morgan fingerprint density at radius 2 is 1.95 bits per heavy atom. The third kappa shape index (κ3) is 6.71. The Labute approximate surface area is 125 Å². The minimum absolute atomic E-state index is 0.143. The summed E-state index contributed by atoms with van der Waals surface area (Å²) in [6, 6.07) is 0.348. The van der Waals surface area contributed by atoms with Gasteiger partial charge in [0.25, 0.3) is 0 Å². The summed E-state index contributed by atoms with van der Waals surface area (Å²) in [5.41, 5.74) is -0.594. The summed E-state index contributed by atoms with van der Waals surface area (Å²) in [6.07, 6.45) is 4.48. The van der Waals surface area contributed by atoms with Gasteiger partial charge in [-0.15, -0.1) is 0 Å². The third-order valence-electron chi connectivity index (χ3n) is 3.86. The standard InChI is InChI=1S/C16H34N2O2/c1-7-10-11-12-18(6)14(4)13-16(5,17-8-2)15(19)20-9-3/h14,17H,7-13H2,1-6H3. The van der Waals surface area contributed by atoms with Gasteiger partial charge < -0.3 is 15.0 Å². The van der Waals surface area contributed by atoms with Gasteiger partial charge >= 0.3 is 5.97 Å². The summed E-state index contributed by atoms with van der Waals surface area (Å²) >= 11 is 0. The largest absolute Gasteiger partial charge is 0.465 e. The van der Waals surface area contributed by atoms with Crippen molar-refractivity contribution in [1.29, 1.82) is 0 Å². The zero-order valence-electron chi connectivity index (χ0n) is 14.3. The lowest BCUT2D eigenvalue weighted by molar-refractivity contribution is -0.151. The predicted molar refractivity (Wildman–Crippen MR) is 84.9 cm³/mol. The van der Waals surface area contributed by atoms with E-state index >= 15 is 0 Å². The number of rotatable bonds is 11. The van der Waals surface area contributed by atoms with Gasteiger partial charge in [0.05, 0.1) is 6.61 Å². The molecule has 0 aliphatic carbocycles. The van der Waals surface area contributed by atoms with Crippen LogP contribution in [-0.4, -0.2) is 49.2 Å².